The van der Waals surface area contributed by atoms with E-state index in [0.29, 0.717) is 12.8 Å². The normalized spacial score (nSPS) is 12.7. The summed E-state index contributed by atoms with van der Waals surface area (Å²) in [4.78, 5) is 10.5. The number of thioether (sulfide) groups is 1. The van der Waals surface area contributed by atoms with Crippen LogP contribution in [0, 0.1) is 6.92 Å². The fourth-order valence-electron chi connectivity index (χ4n) is 1.68. The monoisotopic (exact) mass is 313 g/mol. The highest BCUT2D eigenvalue weighted by atomic mass is 32.2. The van der Waals surface area contributed by atoms with Crippen molar-refractivity contribution in [2.75, 3.05) is 12.0 Å². The second-order valence-corrected chi connectivity index (χ2v) is 7.17. The quantitative estimate of drug-likeness (QED) is 0.747. The van der Waals surface area contributed by atoms with Crippen molar-refractivity contribution < 1.29 is 13.2 Å². The summed E-state index contributed by atoms with van der Waals surface area (Å²) in [5.41, 5.74) is 1.01. The van der Waals surface area contributed by atoms with Crippen molar-refractivity contribution in [2.45, 2.75) is 30.7 Å². The van der Waals surface area contributed by atoms with Crippen LogP contribution in [0.15, 0.2) is 35.2 Å². The predicted molar refractivity (Wildman–Crippen MR) is 83.2 cm³/mol. The van der Waals surface area contributed by atoms with Crippen molar-refractivity contribution in [3.05, 3.63) is 35.9 Å². The Hall–Kier alpha value is -1.07. The molecule has 0 amide bonds. The Morgan fingerprint density at radius 2 is 2.00 bits per heavy atom. The summed E-state index contributed by atoms with van der Waals surface area (Å²) in [5.74, 6) is 2.52. The van der Waals surface area contributed by atoms with Crippen LogP contribution < -0.4 is 4.72 Å². The minimum atomic E-state index is -3.55. The number of carbonyl (C=O) groups excluding carboxylic acids is 1. The van der Waals surface area contributed by atoms with E-state index in [0.717, 1.165) is 11.3 Å². The number of sulfonamides is 1. The van der Waals surface area contributed by atoms with Gasteiger partial charge in [0.05, 0.1) is 4.90 Å². The lowest BCUT2D eigenvalue weighted by Crippen LogP contribution is -2.35. The van der Waals surface area contributed by atoms with Crippen LogP contribution in [-0.2, 0) is 14.8 Å². The molecule has 1 atom stereocenters. The third-order valence-electron chi connectivity index (χ3n) is 2.81. The Kier molecular flexibility index (Phi) is 7.02. The Bertz CT molecular complexity index is 561. The molecule has 0 aliphatic heterocycles. The van der Waals surface area contributed by atoms with Gasteiger partial charge in [0.15, 0.2) is 0 Å². The van der Waals surface area contributed by atoms with Gasteiger partial charge >= 0.3 is 0 Å². The Labute approximate surface area is 124 Å². The Morgan fingerprint density at radius 1 is 1.35 bits per heavy atom. The van der Waals surface area contributed by atoms with Crippen LogP contribution in [0.3, 0.4) is 0 Å². The van der Waals surface area contributed by atoms with Crippen LogP contribution in [0.2, 0.25) is 0 Å². The fourth-order valence-corrected chi connectivity index (χ4v) is 3.48. The first-order valence-corrected chi connectivity index (χ1v) is 9.14. The topological polar surface area (TPSA) is 63.2 Å². The van der Waals surface area contributed by atoms with Gasteiger partial charge in [0.2, 0.25) is 10.0 Å². The van der Waals surface area contributed by atoms with Crippen LogP contribution in [-0.4, -0.2) is 32.4 Å². The van der Waals surface area contributed by atoms with Crippen molar-refractivity contribution in [1.82, 2.24) is 4.72 Å². The number of hydrogen-bond donors (Lipinski definition) is 1. The minimum Gasteiger partial charge on any atom is -0.234 e. The van der Waals surface area contributed by atoms with Gasteiger partial charge in [-0.2, -0.15) is 11.8 Å². The van der Waals surface area contributed by atoms with Gasteiger partial charge in [-0.05, 0) is 43.9 Å². The van der Waals surface area contributed by atoms with E-state index in [9.17, 15) is 13.2 Å². The first kappa shape index (κ1) is 17.0. The maximum Gasteiger partial charge on any atom is 0.240 e. The molecule has 0 saturated heterocycles. The van der Waals surface area contributed by atoms with Crippen molar-refractivity contribution in [3.63, 3.8) is 0 Å². The maximum atomic E-state index is 12.2. The molecule has 0 bridgehead atoms. The van der Waals surface area contributed by atoms with Crippen molar-refractivity contribution in [1.29, 1.82) is 0 Å². The van der Waals surface area contributed by atoms with Gasteiger partial charge in [-0.1, -0.05) is 17.7 Å². The zero-order chi connectivity index (χ0) is 15.0. The van der Waals surface area contributed by atoms with E-state index >= 15 is 0 Å². The summed E-state index contributed by atoms with van der Waals surface area (Å²) >= 11 is 1.64. The summed E-state index contributed by atoms with van der Waals surface area (Å²) in [7, 11) is -3.55. The van der Waals surface area contributed by atoms with E-state index in [2.05, 4.69) is 4.72 Å². The Morgan fingerprint density at radius 3 is 2.55 bits per heavy atom. The zero-order valence-corrected chi connectivity index (χ0v) is 13.3. The molecular weight excluding hydrogens is 294 g/mol. The molecule has 0 fully saturated rings. The molecule has 1 rings (SSSR count). The number of nitrogens with one attached hydrogen (secondary N) is 1. The molecule has 110 valence electrons. The van der Waals surface area contributed by atoms with Crippen molar-refractivity contribution in [3.8, 4) is 0 Å². The predicted octanol–water partition coefficient (Wildman–Crippen LogP) is 2.17. The number of hydrogen-bond acceptors (Lipinski definition) is 4. The molecule has 1 aromatic carbocycles. The van der Waals surface area contributed by atoms with Gasteiger partial charge in [0.1, 0.15) is 5.94 Å². The van der Waals surface area contributed by atoms with Crippen LogP contribution in [0.25, 0.3) is 0 Å². The largest absolute Gasteiger partial charge is 0.240 e. The molecule has 1 N–H and O–H groups in total. The smallest absolute Gasteiger partial charge is 0.234 e. The SMILES string of the molecule is CSCCC(CC=C=O)NS(=O)(=O)c1ccc(C)cc1. The molecule has 4 nitrogen and oxygen atoms in total. The van der Waals surface area contributed by atoms with Gasteiger partial charge in [-0.25, -0.2) is 17.9 Å². The van der Waals surface area contributed by atoms with E-state index in [1.165, 1.54) is 6.08 Å². The van der Waals surface area contributed by atoms with Crippen LogP contribution in [0.4, 0.5) is 0 Å². The first-order chi connectivity index (χ1) is 9.49. The van der Waals surface area contributed by atoms with Crippen LogP contribution in [0.5, 0.6) is 0 Å². The van der Waals surface area contributed by atoms with Crippen molar-refractivity contribution in [2.24, 2.45) is 0 Å². The van der Waals surface area contributed by atoms with E-state index < -0.39 is 10.0 Å². The highest BCUT2D eigenvalue weighted by Gasteiger charge is 2.19. The summed E-state index contributed by atoms with van der Waals surface area (Å²) in [6, 6.07) is 6.40. The molecule has 0 saturated carbocycles. The molecule has 20 heavy (non-hydrogen) atoms. The standard InChI is InChI=1S/C14H19NO3S2/c1-12-5-7-14(8-6-12)20(17,18)15-13(4-3-10-16)9-11-19-2/h3,5-8,13,15H,4,9,11H2,1-2H3. The minimum absolute atomic E-state index is 0.243. The maximum absolute atomic E-state index is 12.2. The van der Waals surface area contributed by atoms with Gasteiger partial charge < -0.3 is 0 Å². The Balaban J connectivity index is 2.83. The molecule has 1 aromatic rings. The molecule has 0 aliphatic rings. The molecule has 0 heterocycles. The van der Waals surface area contributed by atoms with Crippen LogP contribution >= 0.6 is 11.8 Å². The molecular formula is C14H19NO3S2. The second kappa shape index (κ2) is 8.27. The molecule has 0 aliphatic carbocycles. The molecule has 1 unspecified atom stereocenters. The lowest BCUT2D eigenvalue weighted by Gasteiger charge is -2.16. The zero-order valence-electron chi connectivity index (χ0n) is 11.6. The first-order valence-electron chi connectivity index (χ1n) is 6.27. The van der Waals surface area contributed by atoms with Crippen molar-refractivity contribution >= 4 is 27.7 Å². The molecule has 0 spiro atoms. The molecule has 0 aromatic heterocycles. The average Bonchev–Trinajstić information content (AvgIpc) is 2.42. The second-order valence-electron chi connectivity index (χ2n) is 4.47. The van der Waals surface area contributed by atoms with Crippen LogP contribution in [0.1, 0.15) is 18.4 Å². The van der Waals surface area contributed by atoms with E-state index in [4.69, 9.17) is 0 Å². The lowest BCUT2D eigenvalue weighted by molar-refractivity contribution is 0.540. The van der Waals surface area contributed by atoms with E-state index in [-0.39, 0.29) is 10.9 Å². The summed E-state index contributed by atoms with van der Waals surface area (Å²) in [6.45, 7) is 1.90. The lowest BCUT2D eigenvalue weighted by atomic mass is 10.2. The van der Waals surface area contributed by atoms with E-state index in [1.54, 1.807) is 42.0 Å². The van der Waals surface area contributed by atoms with E-state index in [1.807, 2.05) is 13.2 Å². The molecule has 0 radical (unpaired) electrons. The van der Waals surface area contributed by atoms with Gasteiger partial charge in [-0.3, -0.25) is 0 Å². The number of benzene rings is 1. The van der Waals surface area contributed by atoms with Gasteiger partial charge in [-0.15, -0.1) is 0 Å². The van der Waals surface area contributed by atoms with Gasteiger partial charge in [0, 0.05) is 12.1 Å². The number of aryl methyl sites for hydroxylation is 1. The summed E-state index contributed by atoms with van der Waals surface area (Å²) < 4.78 is 27.1. The third kappa shape index (κ3) is 5.51. The highest BCUT2D eigenvalue weighted by Crippen LogP contribution is 2.13. The number of rotatable bonds is 8. The molecule has 6 heteroatoms. The average molecular weight is 313 g/mol. The summed E-state index contributed by atoms with van der Waals surface area (Å²) in [6.07, 6.45) is 4.31. The fraction of sp³-hybridized carbons (Fsp3) is 0.429. The third-order valence-corrected chi connectivity index (χ3v) is 4.99. The van der Waals surface area contributed by atoms with Gasteiger partial charge in [0.25, 0.3) is 0 Å². The highest BCUT2D eigenvalue weighted by molar-refractivity contribution is 7.98. The summed E-state index contributed by atoms with van der Waals surface area (Å²) in [5, 5.41) is 0.